The molecule has 0 radical (unpaired) electrons. The molecule has 1 aromatic heterocycles. The smallest absolute Gasteiger partial charge is 0.330 e. The highest BCUT2D eigenvalue weighted by Crippen LogP contribution is 2.16. The number of rotatable bonds is 12. The van der Waals surface area contributed by atoms with Crippen LogP contribution >= 0.6 is 0 Å². The first-order valence-corrected chi connectivity index (χ1v) is 9.79. The normalized spacial score (nSPS) is 10.6. The van der Waals surface area contributed by atoms with E-state index in [0.717, 1.165) is 19.3 Å². The molecule has 1 rings (SSSR count). The lowest BCUT2D eigenvalue weighted by molar-refractivity contribution is -0.118. The van der Waals surface area contributed by atoms with Gasteiger partial charge in [-0.25, -0.2) is 9.59 Å². The second-order valence-corrected chi connectivity index (χ2v) is 6.57. The van der Waals surface area contributed by atoms with E-state index in [0.29, 0.717) is 19.5 Å². The summed E-state index contributed by atoms with van der Waals surface area (Å²) in [6.07, 6.45) is 3.25. The van der Waals surface area contributed by atoms with Crippen LogP contribution in [0.1, 0.15) is 39.5 Å². The number of urea groups is 1. The van der Waals surface area contributed by atoms with Crippen molar-refractivity contribution in [3.05, 3.63) is 20.8 Å². The van der Waals surface area contributed by atoms with E-state index in [1.807, 2.05) is 13.8 Å². The molecule has 0 bridgehead atoms. The lowest BCUT2D eigenvalue weighted by Crippen LogP contribution is -2.47. The van der Waals surface area contributed by atoms with E-state index < -0.39 is 23.2 Å². The highest BCUT2D eigenvalue weighted by atomic mass is 16.5. The van der Waals surface area contributed by atoms with Crippen LogP contribution in [0.2, 0.25) is 0 Å². The van der Waals surface area contributed by atoms with Crippen molar-refractivity contribution in [3.63, 3.8) is 0 Å². The fraction of sp³-hybridized carbons (Fsp3) is 0.667. The van der Waals surface area contributed by atoms with Crippen molar-refractivity contribution in [3.8, 4) is 0 Å². The Morgan fingerprint density at radius 2 is 1.90 bits per heavy atom. The molecule has 0 atom stereocenters. The van der Waals surface area contributed by atoms with Gasteiger partial charge in [0, 0.05) is 26.7 Å². The van der Waals surface area contributed by atoms with Gasteiger partial charge in [0.25, 0.3) is 5.56 Å². The maximum absolute atomic E-state index is 12.4. The van der Waals surface area contributed by atoms with Gasteiger partial charge >= 0.3 is 11.7 Å². The van der Waals surface area contributed by atoms with Gasteiger partial charge in [0.05, 0.1) is 13.2 Å². The van der Waals surface area contributed by atoms with Crippen molar-refractivity contribution >= 4 is 23.4 Å². The van der Waals surface area contributed by atoms with Gasteiger partial charge in [-0.05, 0) is 12.8 Å². The molecule has 0 aliphatic rings. The third-order valence-electron chi connectivity index (χ3n) is 4.23. The number of aromatic amines is 1. The van der Waals surface area contributed by atoms with Gasteiger partial charge in [-0.15, -0.1) is 0 Å². The Kier molecular flexibility index (Phi) is 10.5. The molecule has 29 heavy (non-hydrogen) atoms. The summed E-state index contributed by atoms with van der Waals surface area (Å²) in [6.45, 7) is 4.83. The number of nitrogen functional groups attached to an aromatic ring is 1. The number of nitrogens with one attached hydrogen (secondary N) is 3. The average Bonchev–Trinajstić information content (AvgIpc) is 2.65. The average molecular weight is 412 g/mol. The van der Waals surface area contributed by atoms with E-state index in [1.54, 1.807) is 0 Å². The lowest BCUT2D eigenvalue weighted by Gasteiger charge is -2.25. The lowest BCUT2D eigenvalue weighted by atomic mass is 10.3. The molecule has 11 heteroatoms. The molecule has 0 aromatic carbocycles. The van der Waals surface area contributed by atoms with Gasteiger partial charge < -0.3 is 20.7 Å². The van der Waals surface area contributed by atoms with Gasteiger partial charge in [0.1, 0.15) is 11.5 Å². The zero-order valence-corrected chi connectivity index (χ0v) is 17.4. The standard InChI is InChI=1S/C18H32N6O5/c1-4-6-8-20-17(27)21-13(25)12-23(10-11-29-3)14-15(19)24(9-7-5-2)18(28)22-16(14)26/h4-12,19H2,1-3H3,(H,22,26,28)(H2,20,21,25,27). The van der Waals surface area contributed by atoms with Gasteiger partial charge in [0.15, 0.2) is 0 Å². The van der Waals surface area contributed by atoms with Gasteiger partial charge in [-0.1, -0.05) is 26.7 Å². The third-order valence-corrected chi connectivity index (χ3v) is 4.23. The number of imide groups is 1. The van der Waals surface area contributed by atoms with Crippen LogP contribution < -0.4 is 32.5 Å². The van der Waals surface area contributed by atoms with E-state index in [9.17, 15) is 19.2 Å². The number of anilines is 2. The molecule has 0 saturated heterocycles. The fourth-order valence-electron chi connectivity index (χ4n) is 2.65. The van der Waals surface area contributed by atoms with Crippen molar-refractivity contribution in [2.75, 3.05) is 44.0 Å². The molecule has 1 heterocycles. The van der Waals surface area contributed by atoms with Crippen LogP contribution in [0.15, 0.2) is 9.59 Å². The Hall–Kier alpha value is -2.82. The Labute approximate surface area is 169 Å². The van der Waals surface area contributed by atoms with Crippen molar-refractivity contribution in [1.82, 2.24) is 20.2 Å². The van der Waals surface area contributed by atoms with Crippen molar-refractivity contribution in [2.45, 2.75) is 46.1 Å². The Bertz CT molecular complexity index is 788. The van der Waals surface area contributed by atoms with E-state index in [1.165, 1.54) is 16.6 Å². The Morgan fingerprint density at radius 3 is 2.52 bits per heavy atom. The molecule has 0 aliphatic heterocycles. The van der Waals surface area contributed by atoms with E-state index in [2.05, 4.69) is 15.6 Å². The Balaban J connectivity index is 3.06. The molecule has 0 aliphatic carbocycles. The summed E-state index contributed by atoms with van der Waals surface area (Å²) in [6, 6.07) is -0.607. The molecule has 3 amide bonds. The quantitative estimate of drug-likeness (QED) is 0.353. The number of nitrogens with two attached hydrogens (primary N) is 1. The summed E-state index contributed by atoms with van der Waals surface area (Å²) in [5, 5.41) is 4.80. The molecule has 1 aromatic rings. The number of nitrogens with zero attached hydrogens (tertiary/aromatic N) is 2. The summed E-state index contributed by atoms with van der Waals surface area (Å²) in [5.74, 6) is -0.635. The number of carbonyl (C=O) groups is 2. The highest BCUT2D eigenvalue weighted by molar-refractivity contribution is 5.96. The Morgan fingerprint density at radius 1 is 1.21 bits per heavy atom. The minimum absolute atomic E-state index is 0.000654. The van der Waals surface area contributed by atoms with Crippen LogP contribution in [0.25, 0.3) is 0 Å². The van der Waals surface area contributed by atoms with Gasteiger partial charge in [-0.3, -0.25) is 24.5 Å². The predicted molar refractivity (Wildman–Crippen MR) is 111 cm³/mol. The van der Waals surface area contributed by atoms with E-state index in [-0.39, 0.29) is 31.2 Å². The topological polar surface area (TPSA) is 152 Å². The SMILES string of the molecule is CCCCNC(=O)NC(=O)CN(CCOC)c1c(N)n(CCCC)c(=O)[nH]c1=O. The van der Waals surface area contributed by atoms with Gasteiger partial charge in [-0.2, -0.15) is 0 Å². The molecule has 0 saturated carbocycles. The largest absolute Gasteiger partial charge is 0.383 e. The summed E-state index contributed by atoms with van der Waals surface area (Å²) in [4.78, 5) is 52.3. The number of unbranched alkanes of at least 4 members (excludes halogenated alkanes) is 2. The number of hydrogen-bond donors (Lipinski definition) is 4. The maximum atomic E-state index is 12.4. The molecule has 5 N–H and O–H groups in total. The fourth-order valence-corrected chi connectivity index (χ4v) is 2.65. The van der Waals surface area contributed by atoms with Crippen molar-refractivity contribution in [1.29, 1.82) is 0 Å². The second kappa shape index (κ2) is 12.6. The number of amides is 3. The maximum Gasteiger partial charge on any atom is 0.330 e. The number of H-pyrrole nitrogens is 1. The minimum atomic E-state index is -0.698. The molecular weight excluding hydrogens is 380 g/mol. The highest BCUT2D eigenvalue weighted by Gasteiger charge is 2.21. The number of ether oxygens (including phenoxy) is 1. The third kappa shape index (κ3) is 7.60. The zero-order chi connectivity index (χ0) is 21.8. The number of carbonyl (C=O) groups excluding carboxylic acids is 2. The van der Waals surface area contributed by atoms with Crippen molar-refractivity contribution < 1.29 is 14.3 Å². The van der Waals surface area contributed by atoms with Crippen LogP contribution in [0.3, 0.4) is 0 Å². The molecule has 0 spiro atoms. The molecule has 0 fully saturated rings. The summed E-state index contributed by atoms with van der Waals surface area (Å²) in [5.41, 5.74) is 4.81. The molecule has 164 valence electrons. The van der Waals surface area contributed by atoms with Crippen LogP contribution in [-0.2, 0) is 16.1 Å². The minimum Gasteiger partial charge on any atom is -0.383 e. The van der Waals surface area contributed by atoms with Crippen LogP contribution in [-0.4, -0.2) is 54.8 Å². The summed E-state index contributed by atoms with van der Waals surface area (Å²) < 4.78 is 6.32. The van der Waals surface area contributed by atoms with E-state index >= 15 is 0 Å². The first-order valence-electron chi connectivity index (χ1n) is 9.79. The number of methoxy groups -OCH3 is 1. The van der Waals surface area contributed by atoms with Crippen LogP contribution in [0.5, 0.6) is 0 Å². The van der Waals surface area contributed by atoms with Gasteiger partial charge in [0.2, 0.25) is 5.91 Å². The van der Waals surface area contributed by atoms with Crippen LogP contribution in [0.4, 0.5) is 16.3 Å². The number of hydrogen-bond acceptors (Lipinski definition) is 7. The summed E-state index contributed by atoms with van der Waals surface area (Å²) >= 11 is 0. The predicted octanol–water partition coefficient (Wildman–Crippen LogP) is -0.00240. The monoisotopic (exact) mass is 412 g/mol. The van der Waals surface area contributed by atoms with E-state index in [4.69, 9.17) is 10.5 Å². The first kappa shape index (κ1) is 24.2. The second-order valence-electron chi connectivity index (χ2n) is 6.57. The first-order chi connectivity index (χ1) is 13.8. The van der Waals surface area contributed by atoms with Crippen molar-refractivity contribution in [2.24, 2.45) is 0 Å². The molecular formula is C18H32N6O5. The summed E-state index contributed by atoms with van der Waals surface area (Å²) in [7, 11) is 1.48. The zero-order valence-electron chi connectivity index (χ0n) is 17.4. The van der Waals surface area contributed by atoms with Crippen LogP contribution in [0, 0.1) is 0 Å². The number of aromatic nitrogens is 2. The molecule has 0 unspecified atom stereocenters. The molecule has 11 nitrogen and oxygen atoms in total.